The molecule has 1 N–H and O–H groups in total. The van der Waals surface area contributed by atoms with Crippen molar-refractivity contribution in [1.29, 1.82) is 0 Å². The number of alkyl halides is 3. The van der Waals surface area contributed by atoms with Gasteiger partial charge in [-0.15, -0.1) is 0 Å². The fourth-order valence-corrected chi connectivity index (χ4v) is 0.922. The first kappa shape index (κ1) is 9.09. The largest absolute Gasteiger partial charge is 0.389 e. The Hall–Kier alpha value is -1.00. The van der Waals surface area contributed by atoms with Crippen LogP contribution in [0.15, 0.2) is 18.7 Å². The van der Waals surface area contributed by atoms with Crippen LogP contribution in [0.5, 0.6) is 0 Å². The van der Waals surface area contributed by atoms with Crippen molar-refractivity contribution in [1.82, 2.24) is 4.98 Å². The Morgan fingerprint density at radius 2 is 2.08 bits per heavy atom. The standard InChI is InChI=1S/C7H9F3N2/c8-7(9,10)2-1-4-12-5-3-11-6-12/h3,5-6H,1-2,4H2/p+1. The van der Waals surface area contributed by atoms with Crippen molar-refractivity contribution < 1.29 is 17.7 Å². The molecule has 5 heteroatoms. The van der Waals surface area contributed by atoms with Crippen molar-refractivity contribution in [3.8, 4) is 0 Å². The van der Waals surface area contributed by atoms with Crippen LogP contribution in [0.2, 0.25) is 0 Å². The highest BCUT2D eigenvalue weighted by molar-refractivity contribution is 4.56. The first-order valence-corrected chi connectivity index (χ1v) is 3.66. The van der Waals surface area contributed by atoms with E-state index >= 15 is 0 Å². The maximum Gasteiger partial charge on any atom is 0.389 e. The second-order valence-electron chi connectivity index (χ2n) is 2.57. The molecule has 1 aromatic heterocycles. The van der Waals surface area contributed by atoms with Crippen molar-refractivity contribution in [3.63, 3.8) is 0 Å². The lowest BCUT2D eigenvalue weighted by molar-refractivity contribution is -0.696. The minimum Gasteiger partial charge on any atom is -0.250 e. The number of aromatic nitrogens is 2. The van der Waals surface area contributed by atoms with E-state index in [4.69, 9.17) is 0 Å². The number of rotatable bonds is 3. The van der Waals surface area contributed by atoms with Gasteiger partial charge in [0.15, 0.2) is 0 Å². The first-order chi connectivity index (χ1) is 5.58. The molecule has 0 aromatic carbocycles. The minimum atomic E-state index is -4.03. The fraction of sp³-hybridized carbons (Fsp3) is 0.571. The van der Waals surface area contributed by atoms with Crippen molar-refractivity contribution in [3.05, 3.63) is 18.7 Å². The summed E-state index contributed by atoms with van der Waals surface area (Å²) in [5, 5.41) is 0. The van der Waals surface area contributed by atoms with Crippen LogP contribution >= 0.6 is 0 Å². The van der Waals surface area contributed by atoms with Crippen LogP contribution in [0, 0.1) is 0 Å². The topological polar surface area (TPSA) is 19.7 Å². The Labute approximate surface area is 68.0 Å². The van der Waals surface area contributed by atoms with Crippen LogP contribution in [-0.4, -0.2) is 11.2 Å². The second kappa shape index (κ2) is 3.60. The molecule has 0 spiro atoms. The van der Waals surface area contributed by atoms with E-state index in [1.807, 2.05) is 0 Å². The zero-order chi connectivity index (χ0) is 9.03. The van der Waals surface area contributed by atoms with E-state index in [2.05, 4.69) is 4.98 Å². The Bertz CT molecular complexity index is 215. The molecule has 0 amide bonds. The summed E-state index contributed by atoms with van der Waals surface area (Å²) in [5.74, 6) is 0. The van der Waals surface area contributed by atoms with Gasteiger partial charge in [0.25, 0.3) is 0 Å². The number of nitrogens with one attached hydrogen (secondary N) is 1. The summed E-state index contributed by atoms with van der Waals surface area (Å²) in [6.07, 6.45) is 0.397. The third kappa shape index (κ3) is 3.41. The van der Waals surface area contributed by atoms with Gasteiger partial charge in [0, 0.05) is 6.42 Å². The number of aryl methyl sites for hydroxylation is 1. The summed E-state index contributed by atoms with van der Waals surface area (Å²) in [6, 6.07) is 0. The predicted molar refractivity (Wildman–Crippen MR) is 36.3 cm³/mol. The van der Waals surface area contributed by atoms with Gasteiger partial charge in [0.1, 0.15) is 12.4 Å². The quantitative estimate of drug-likeness (QED) is 0.680. The van der Waals surface area contributed by atoms with Crippen molar-refractivity contribution in [2.75, 3.05) is 0 Å². The molecule has 1 aromatic rings. The average Bonchev–Trinajstić information content (AvgIpc) is 2.36. The van der Waals surface area contributed by atoms with E-state index < -0.39 is 12.6 Å². The third-order valence-corrected chi connectivity index (χ3v) is 1.48. The number of H-pyrrole nitrogens is 1. The number of hydrogen-bond donors (Lipinski definition) is 1. The molecule has 12 heavy (non-hydrogen) atoms. The summed E-state index contributed by atoms with van der Waals surface area (Å²) in [6.45, 7) is 0.406. The first-order valence-electron chi connectivity index (χ1n) is 3.66. The van der Waals surface area contributed by atoms with Gasteiger partial charge in [-0.25, -0.2) is 4.57 Å². The van der Waals surface area contributed by atoms with Crippen LogP contribution in [0.25, 0.3) is 0 Å². The van der Waals surface area contributed by atoms with E-state index in [-0.39, 0.29) is 6.42 Å². The van der Waals surface area contributed by atoms with Gasteiger partial charge in [-0.3, -0.25) is 4.98 Å². The summed E-state index contributed by atoms with van der Waals surface area (Å²) in [7, 11) is 0. The highest BCUT2D eigenvalue weighted by Crippen LogP contribution is 2.20. The van der Waals surface area contributed by atoms with E-state index in [1.54, 1.807) is 23.3 Å². The smallest absolute Gasteiger partial charge is 0.250 e. The highest BCUT2D eigenvalue weighted by Gasteiger charge is 2.26. The SMILES string of the molecule is FC(F)(F)CCC[n+]1cc[nH]c1. The molecule has 0 aliphatic rings. The molecule has 0 aliphatic heterocycles. The zero-order valence-electron chi connectivity index (χ0n) is 6.43. The molecule has 0 saturated heterocycles. The number of nitrogens with zero attached hydrogens (tertiary/aromatic N) is 1. The van der Waals surface area contributed by atoms with Gasteiger partial charge in [-0.2, -0.15) is 13.2 Å². The Morgan fingerprint density at radius 1 is 1.33 bits per heavy atom. The lowest BCUT2D eigenvalue weighted by Crippen LogP contribution is -2.31. The normalized spacial score (nSPS) is 11.9. The summed E-state index contributed by atoms with van der Waals surface area (Å²) in [5.41, 5.74) is 0. The Morgan fingerprint density at radius 3 is 2.58 bits per heavy atom. The fourth-order valence-electron chi connectivity index (χ4n) is 0.922. The van der Waals surface area contributed by atoms with Gasteiger partial charge >= 0.3 is 6.18 Å². The molecule has 0 bridgehead atoms. The second-order valence-corrected chi connectivity index (χ2v) is 2.57. The molecule has 2 nitrogen and oxygen atoms in total. The molecule has 1 rings (SSSR count). The molecule has 0 unspecified atom stereocenters. The van der Waals surface area contributed by atoms with Crippen LogP contribution in [0.4, 0.5) is 13.2 Å². The number of halogens is 3. The monoisotopic (exact) mass is 179 g/mol. The lowest BCUT2D eigenvalue weighted by atomic mass is 10.3. The maximum atomic E-state index is 11.7. The molecule has 68 valence electrons. The summed E-state index contributed by atoms with van der Waals surface area (Å²) >= 11 is 0. The predicted octanol–water partition coefficient (Wildman–Crippen LogP) is 1.64. The summed E-state index contributed by atoms with van der Waals surface area (Å²) in [4.78, 5) is 2.76. The Kier molecular flexibility index (Phi) is 2.73. The van der Waals surface area contributed by atoms with Crippen LogP contribution in [0.3, 0.4) is 0 Å². The van der Waals surface area contributed by atoms with Gasteiger partial charge < -0.3 is 0 Å². The van der Waals surface area contributed by atoms with Crippen molar-refractivity contribution >= 4 is 0 Å². The van der Waals surface area contributed by atoms with Crippen LogP contribution in [-0.2, 0) is 6.54 Å². The van der Waals surface area contributed by atoms with Gasteiger partial charge in [0.2, 0.25) is 6.33 Å². The van der Waals surface area contributed by atoms with E-state index in [9.17, 15) is 13.2 Å². The molecule has 1 heterocycles. The zero-order valence-corrected chi connectivity index (χ0v) is 6.43. The Balaban J connectivity index is 2.20. The minimum absolute atomic E-state index is 0.131. The molecular weight excluding hydrogens is 169 g/mol. The van der Waals surface area contributed by atoms with Crippen LogP contribution < -0.4 is 4.57 Å². The summed E-state index contributed by atoms with van der Waals surface area (Å²) < 4.78 is 36.7. The average molecular weight is 179 g/mol. The molecular formula is C7H10F3N2+. The molecule has 0 radical (unpaired) electrons. The van der Waals surface area contributed by atoms with Crippen molar-refractivity contribution in [2.45, 2.75) is 25.6 Å². The van der Waals surface area contributed by atoms with Crippen LogP contribution in [0.1, 0.15) is 12.8 Å². The van der Waals surface area contributed by atoms with Gasteiger partial charge in [-0.1, -0.05) is 0 Å². The van der Waals surface area contributed by atoms with E-state index in [0.29, 0.717) is 6.54 Å². The van der Waals surface area contributed by atoms with Crippen molar-refractivity contribution in [2.24, 2.45) is 0 Å². The molecule has 0 atom stereocenters. The third-order valence-electron chi connectivity index (χ3n) is 1.48. The van der Waals surface area contributed by atoms with Gasteiger partial charge in [0.05, 0.1) is 6.54 Å². The molecule has 0 aliphatic carbocycles. The lowest BCUT2D eigenvalue weighted by Gasteiger charge is -2.03. The molecule has 0 saturated carbocycles. The van der Waals surface area contributed by atoms with Gasteiger partial charge in [-0.05, 0) is 6.42 Å². The van der Waals surface area contributed by atoms with E-state index in [1.165, 1.54) is 0 Å². The van der Waals surface area contributed by atoms with E-state index in [0.717, 1.165) is 0 Å². The maximum absolute atomic E-state index is 11.7. The number of hydrogen-bond acceptors (Lipinski definition) is 0. The highest BCUT2D eigenvalue weighted by atomic mass is 19.4. The molecule has 0 fully saturated rings. The number of aromatic amines is 1. The number of imidazole rings is 1.